The molecule has 0 fully saturated rings. The first-order valence-corrected chi connectivity index (χ1v) is 7.45. The van der Waals surface area contributed by atoms with Crippen LogP contribution in [0, 0.1) is 0 Å². The Morgan fingerprint density at radius 2 is 1.95 bits per heavy atom. The number of fused-ring (bicyclic) bond motifs is 1. The van der Waals surface area contributed by atoms with Gasteiger partial charge in [-0.25, -0.2) is 0 Å². The Kier molecular flexibility index (Phi) is 4.02. The van der Waals surface area contributed by atoms with Gasteiger partial charge >= 0.3 is 0 Å². The molecule has 1 heterocycles. The number of hydrogen-bond donors (Lipinski definition) is 2. The Morgan fingerprint density at radius 1 is 1.14 bits per heavy atom. The lowest BCUT2D eigenvalue weighted by molar-refractivity contribution is 0.294. The Hall–Kier alpha value is -2.46. The monoisotopic (exact) mass is 296 g/mol. The van der Waals surface area contributed by atoms with Gasteiger partial charge in [0, 0.05) is 30.1 Å². The summed E-state index contributed by atoms with van der Waals surface area (Å²) in [6.45, 7) is 3.97. The summed E-state index contributed by atoms with van der Waals surface area (Å²) in [6, 6.07) is 15.2. The Bertz CT molecular complexity index is 793. The topological polar surface area (TPSA) is 60.4 Å². The average Bonchev–Trinajstić information content (AvgIpc) is 2.90. The summed E-state index contributed by atoms with van der Waals surface area (Å²) < 4.78 is 8.04. The second kappa shape index (κ2) is 6.12. The summed E-state index contributed by atoms with van der Waals surface area (Å²) in [5, 5.41) is 10.7. The molecule has 0 saturated carbocycles. The molecule has 3 rings (SSSR count). The second-order valence-electron chi connectivity index (χ2n) is 5.22. The third-order valence-electron chi connectivity index (χ3n) is 3.86. The number of phenolic OH excluding ortho intramolecular Hbond substituents is 1. The molecule has 22 heavy (non-hydrogen) atoms. The zero-order chi connectivity index (χ0) is 15.5. The van der Waals surface area contributed by atoms with Crippen molar-refractivity contribution in [1.82, 2.24) is 4.57 Å². The van der Waals surface area contributed by atoms with Crippen molar-refractivity contribution in [3.05, 3.63) is 59.8 Å². The van der Waals surface area contributed by atoms with Crippen molar-refractivity contribution in [1.29, 1.82) is 0 Å². The van der Waals surface area contributed by atoms with E-state index in [0.717, 1.165) is 17.8 Å². The van der Waals surface area contributed by atoms with Crippen molar-refractivity contribution in [2.45, 2.75) is 26.6 Å². The van der Waals surface area contributed by atoms with Gasteiger partial charge in [-0.1, -0.05) is 18.2 Å². The van der Waals surface area contributed by atoms with Crippen molar-refractivity contribution in [3.8, 4) is 11.5 Å². The lowest BCUT2D eigenvalue weighted by atomic mass is 10.1. The molecule has 0 radical (unpaired) electrons. The second-order valence-corrected chi connectivity index (χ2v) is 5.22. The van der Waals surface area contributed by atoms with Crippen LogP contribution in [0.1, 0.15) is 18.2 Å². The smallest absolute Gasteiger partial charge is 0.128 e. The van der Waals surface area contributed by atoms with Crippen molar-refractivity contribution in [2.75, 3.05) is 0 Å². The quantitative estimate of drug-likeness (QED) is 0.758. The maximum atomic E-state index is 9.49. The third kappa shape index (κ3) is 2.65. The van der Waals surface area contributed by atoms with Gasteiger partial charge < -0.3 is 20.1 Å². The van der Waals surface area contributed by atoms with Crippen LogP contribution < -0.4 is 10.5 Å². The van der Waals surface area contributed by atoms with Crippen LogP contribution in [0.4, 0.5) is 0 Å². The highest BCUT2D eigenvalue weighted by molar-refractivity contribution is 5.84. The summed E-state index contributed by atoms with van der Waals surface area (Å²) in [5.74, 6) is 0.867. The number of rotatable bonds is 5. The van der Waals surface area contributed by atoms with Crippen LogP contribution in [0.3, 0.4) is 0 Å². The number of nitrogens with two attached hydrogens (primary N) is 1. The molecule has 1 aromatic heterocycles. The number of nitrogens with zero attached hydrogens (tertiary/aromatic N) is 1. The number of aryl methyl sites for hydroxylation is 1. The first-order valence-electron chi connectivity index (χ1n) is 7.45. The minimum Gasteiger partial charge on any atom is -0.508 e. The molecule has 0 aliphatic rings. The molecule has 0 atom stereocenters. The fourth-order valence-electron chi connectivity index (χ4n) is 2.80. The van der Waals surface area contributed by atoms with Crippen LogP contribution in [-0.4, -0.2) is 9.67 Å². The van der Waals surface area contributed by atoms with E-state index in [1.54, 1.807) is 18.2 Å². The summed E-state index contributed by atoms with van der Waals surface area (Å²) in [6.07, 6.45) is 0. The van der Waals surface area contributed by atoms with Gasteiger partial charge in [-0.2, -0.15) is 0 Å². The molecule has 2 aromatic carbocycles. The van der Waals surface area contributed by atoms with Crippen molar-refractivity contribution < 1.29 is 9.84 Å². The van der Waals surface area contributed by atoms with Crippen molar-refractivity contribution in [2.24, 2.45) is 5.73 Å². The highest BCUT2D eigenvalue weighted by Crippen LogP contribution is 2.25. The van der Waals surface area contributed by atoms with Gasteiger partial charge in [-0.3, -0.25) is 0 Å². The van der Waals surface area contributed by atoms with E-state index in [4.69, 9.17) is 10.5 Å². The Morgan fingerprint density at radius 3 is 2.68 bits per heavy atom. The summed E-state index contributed by atoms with van der Waals surface area (Å²) in [7, 11) is 0. The van der Waals surface area contributed by atoms with Crippen LogP contribution >= 0.6 is 0 Å². The van der Waals surface area contributed by atoms with Crippen LogP contribution in [0.2, 0.25) is 0 Å². The van der Waals surface area contributed by atoms with Crippen molar-refractivity contribution in [3.63, 3.8) is 0 Å². The molecule has 0 aliphatic heterocycles. The molecule has 4 heteroatoms. The Balaban J connectivity index is 1.93. The number of aromatic nitrogens is 1. The zero-order valence-electron chi connectivity index (χ0n) is 12.6. The average molecular weight is 296 g/mol. The number of aromatic hydroxyl groups is 1. The van der Waals surface area contributed by atoms with E-state index in [1.165, 1.54) is 10.9 Å². The molecule has 3 aromatic rings. The molecule has 0 saturated heterocycles. The first kappa shape index (κ1) is 14.5. The van der Waals surface area contributed by atoms with Gasteiger partial charge in [-0.15, -0.1) is 0 Å². The summed E-state index contributed by atoms with van der Waals surface area (Å²) >= 11 is 0. The lowest BCUT2D eigenvalue weighted by Crippen LogP contribution is -2.04. The van der Waals surface area contributed by atoms with Gasteiger partial charge in [0.1, 0.15) is 18.1 Å². The van der Waals surface area contributed by atoms with E-state index in [-0.39, 0.29) is 5.75 Å². The van der Waals surface area contributed by atoms with E-state index in [0.29, 0.717) is 18.9 Å². The van der Waals surface area contributed by atoms with E-state index in [9.17, 15) is 5.11 Å². The summed E-state index contributed by atoms with van der Waals surface area (Å²) in [4.78, 5) is 0. The standard InChI is InChI=1S/C18H20N2O2/c1-2-20-14(12-22-16-7-4-6-15(21)10-16)9-17-13(11-19)5-3-8-18(17)20/h3-10,21H,2,11-12,19H2,1H3. The van der Waals surface area contributed by atoms with E-state index < -0.39 is 0 Å². The molecule has 3 N–H and O–H groups in total. The van der Waals surface area contributed by atoms with Gasteiger partial charge in [-0.05, 0) is 36.8 Å². The predicted molar refractivity (Wildman–Crippen MR) is 87.9 cm³/mol. The fourth-order valence-corrected chi connectivity index (χ4v) is 2.80. The lowest BCUT2D eigenvalue weighted by Gasteiger charge is -2.10. The Labute approximate surface area is 129 Å². The number of benzene rings is 2. The van der Waals surface area contributed by atoms with Crippen LogP contribution in [0.15, 0.2) is 48.5 Å². The predicted octanol–water partition coefficient (Wildman–Crippen LogP) is 3.40. The van der Waals surface area contributed by atoms with Crippen molar-refractivity contribution >= 4 is 10.9 Å². The van der Waals surface area contributed by atoms with Gasteiger partial charge in [0.15, 0.2) is 0 Å². The maximum absolute atomic E-state index is 9.49. The maximum Gasteiger partial charge on any atom is 0.128 e. The van der Waals surface area contributed by atoms with Crippen LogP contribution in [-0.2, 0) is 19.7 Å². The van der Waals surface area contributed by atoms with Gasteiger partial charge in [0.25, 0.3) is 0 Å². The molecular weight excluding hydrogens is 276 g/mol. The molecule has 4 nitrogen and oxygen atoms in total. The van der Waals surface area contributed by atoms with E-state index >= 15 is 0 Å². The van der Waals surface area contributed by atoms with Crippen LogP contribution in [0.5, 0.6) is 11.5 Å². The van der Waals surface area contributed by atoms with E-state index in [1.807, 2.05) is 12.1 Å². The highest BCUT2D eigenvalue weighted by atomic mass is 16.5. The minimum atomic E-state index is 0.207. The fraction of sp³-hybridized carbons (Fsp3) is 0.222. The highest BCUT2D eigenvalue weighted by Gasteiger charge is 2.10. The molecule has 0 bridgehead atoms. The minimum absolute atomic E-state index is 0.207. The normalized spacial score (nSPS) is 11.0. The van der Waals surface area contributed by atoms with Gasteiger partial charge in [0.2, 0.25) is 0 Å². The number of phenols is 1. The molecule has 0 spiro atoms. The molecule has 114 valence electrons. The molecule has 0 amide bonds. The van der Waals surface area contributed by atoms with E-state index in [2.05, 4.69) is 29.7 Å². The molecular formula is C18H20N2O2. The molecule has 0 unspecified atom stereocenters. The molecule has 0 aliphatic carbocycles. The van der Waals surface area contributed by atoms with Gasteiger partial charge in [0.05, 0.1) is 5.69 Å². The zero-order valence-corrected chi connectivity index (χ0v) is 12.6. The van der Waals surface area contributed by atoms with Crippen LogP contribution in [0.25, 0.3) is 10.9 Å². The number of ether oxygens (including phenoxy) is 1. The number of hydrogen-bond acceptors (Lipinski definition) is 3. The first-order chi connectivity index (χ1) is 10.7. The SMILES string of the molecule is CCn1c(COc2cccc(O)c2)cc2c(CN)cccc21. The third-order valence-corrected chi connectivity index (χ3v) is 3.86. The largest absolute Gasteiger partial charge is 0.508 e. The summed E-state index contributed by atoms with van der Waals surface area (Å²) in [5.41, 5.74) is 9.25.